The highest BCUT2D eigenvalue weighted by atomic mass is 16.1. The Hall–Kier alpha value is -0.410. The van der Waals surface area contributed by atoms with E-state index < -0.39 is 0 Å². The van der Waals surface area contributed by atoms with Crippen LogP contribution in [0.3, 0.4) is 0 Å². The van der Waals surface area contributed by atoms with Gasteiger partial charge in [0.05, 0.1) is 0 Å². The van der Waals surface area contributed by atoms with E-state index in [-0.39, 0.29) is 5.41 Å². The van der Waals surface area contributed by atoms with Crippen LogP contribution in [-0.2, 0) is 4.79 Å². The van der Waals surface area contributed by atoms with Crippen molar-refractivity contribution in [3.63, 3.8) is 0 Å². The molecule has 0 saturated carbocycles. The van der Waals surface area contributed by atoms with Gasteiger partial charge < -0.3 is 0 Å². The Balaban J connectivity index is 2.40. The molecule has 1 fully saturated rings. The second kappa shape index (κ2) is 5.28. The lowest BCUT2D eigenvalue weighted by Crippen LogP contribution is -2.51. The van der Waals surface area contributed by atoms with E-state index in [1.807, 2.05) is 13.8 Å². The number of carbonyl (C=O) groups excluding carboxylic acids is 1. The van der Waals surface area contributed by atoms with Crippen LogP contribution in [0.4, 0.5) is 0 Å². The monoisotopic (exact) mass is 226 g/mol. The summed E-state index contributed by atoms with van der Waals surface area (Å²) in [5.41, 5.74) is -0.194. The minimum atomic E-state index is -0.194. The predicted octanol–water partition coefficient (Wildman–Crippen LogP) is 1.63. The Morgan fingerprint density at radius 3 is 2.06 bits per heavy atom. The standard InChI is InChI=1S/C13H26N2O/c1-11(2)15-8-6-14(7-9-15)10-13(4,5)12(3)16/h11H,6-10H2,1-5H3. The lowest BCUT2D eigenvalue weighted by atomic mass is 9.88. The molecule has 0 radical (unpaired) electrons. The number of Topliss-reactive ketones (excluding diaryl/α,β-unsaturated/α-hetero) is 1. The number of carbonyl (C=O) groups is 1. The third-order valence-electron chi connectivity index (χ3n) is 3.71. The Kier molecular flexibility index (Phi) is 4.51. The topological polar surface area (TPSA) is 23.6 Å². The van der Waals surface area contributed by atoms with Crippen LogP contribution in [0.2, 0.25) is 0 Å². The van der Waals surface area contributed by atoms with Gasteiger partial charge in [-0.2, -0.15) is 0 Å². The van der Waals surface area contributed by atoms with Crippen LogP contribution in [0.1, 0.15) is 34.6 Å². The molecule has 1 heterocycles. The number of nitrogens with zero attached hydrogens (tertiary/aromatic N) is 2. The average molecular weight is 226 g/mol. The summed E-state index contributed by atoms with van der Waals surface area (Å²) in [6, 6.07) is 0.642. The van der Waals surface area contributed by atoms with Crippen molar-refractivity contribution in [3.8, 4) is 0 Å². The highest BCUT2D eigenvalue weighted by Crippen LogP contribution is 2.19. The molecular weight excluding hydrogens is 200 g/mol. The van der Waals surface area contributed by atoms with Gasteiger partial charge in [0.25, 0.3) is 0 Å². The molecule has 0 bridgehead atoms. The largest absolute Gasteiger partial charge is 0.300 e. The Labute approximate surface area is 99.8 Å². The summed E-state index contributed by atoms with van der Waals surface area (Å²) in [5.74, 6) is 0.291. The Morgan fingerprint density at radius 1 is 1.19 bits per heavy atom. The molecule has 0 amide bonds. The van der Waals surface area contributed by atoms with Gasteiger partial charge in [0, 0.05) is 44.2 Å². The van der Waals surface area contributed by atoms with E-state index in [1.165, 1.54) is 0 Å². The second-order valence-electron chi connectivity index (χ2n) is 5.85. The highest BCUT2D eigenvalue weighted by molar-refractivity contribution is 5.81. The molecule has 0 unspecified atom stereocenters. The van der Waals surface area contributed by atoms with Crippen molar-refractivity contribution in [2.75, 3.05) is 32.7 Å². The number of hydrogen-bond donors (Lipinski definition) is 0. The first-order chi connectivity index (χ1) is 7.33. The molecule has 0 aromatic carbocycles. The van der Waals surface area contributed by atoms with Crippen LogP contribution in [0.25, 0.3) is 0 Å². The van der Waals surface area contributed by atoms with Crippen molar-refractivity contribution in [3.05, 3.63) is 0 Å². The molecule has 16 heavy (non-hydrogen) atoms. The summed E-state index contributed by atoms with van der Waals surface area (Å²) < 4.78 is 0. The van der Waals surface area contributed by atoms with Gasteiger partial charge in [-0.1, -0.05) is 13.8 Å². The van der Waals surface area contributed by atoms with E-state index >= 15 is 0 Å². The third-order valence-corrected chi connectivity index (χ3v) is 3.71. The van der Waals surface area contributed by atoms with Gasteiger partial charge in [-0.15, -0.1) is 0 Å². The molecule has 1 aliphatic heterocycles. The summed E-state index contributed by atoms with van der Waals surface area (Å²) in [5, 5.41) is 0. The molecular formula is C13H26N2O. The molecule has 0 aromatic rings. The lowest BCUT2D eigenvalue weighted by Gasteiger charge is -2.39. The molecule has 3 heteroatoms. The number of hydrogen-bond acceptors (Lipinski definition) is 3. The maximum atomic E-state index is 11.5. The summed E-state index contributed by atoms with van der Waals surface area (Å²) in [6.45, 7) is 15.6. The van der Waals surface area contributed by atoms with E-state index in [2.05, 4.69) is 23.6 Å². The van der Waals surface area contributed by atoms with Gasteiger partial charge in [-0.05, 0) is 20.8 Å². The zero-order valence-electron chi connectivity index (χ0n) is 11.4. The van der Waals surface area contributed by atoms with E-state index in [9.17, 15) is 4.79 Å². The van der Waals surface area contributed by atoms with Crippen molar-refractivity contribution in [1.82, 2.24) is 9.80 Å². The zero-order valence-corrected chi connectivity index (χ0v) is 11.4. The summed E-state index contributed by atoms with van der Waals surface area (Å²) >= 11 is 0. The summed E-state index contributed by atoms with van der Waals surface area (Å²) in [7, 11) is 0. The number of rotatable bonds is 4. The van der Waals surface area contributed by atoms with Gasteiger partial charge >= 0.3 is 0 Å². The quantitative estimate of drug-likeness (QED) is 0.728. The van der Waals surface area contributed by atoms with Crippen molar-refractivity contribution >= 4 is 5.78 Å². The maximum Gasteiger partial charge on any atom is 0.136 e. The molecule has 94 valence electrons. The summed E-state index contributed by atoms with van der Waals surface area (Å²) in [6.07, 6.45) is 0. The zero-order chi connectivity index (χ0) is 12.3. The number of piperazine rings is 1. The van der Waals surface area contributed by atoms with Gasteiger partial charge in [0.1, 0.15) is 5.78 Å². The van der Waals surface area contributed by atoms with Crippen LogP contribution >= 0.6 is 0 Å². The third kappa shape index (κ3) is 3.56. The van der Waals surface area contributed by atoms with Crippen molar-refractivity contribution in [1.29, 1.82) is 0 Å². The number of ketones is 1. The molecule has 1 aliphatic rings. The SMILES string of the molecule is CC(=O)C(C)(C)CN1CCN(C(C)C)CC1. The van der Waals surface area contributed by atoms with E-state index in [1.54, 1.807) is 6.92 Å². The van der Waals surface area contributed by atoms with Crippen molar-refractivity contribution < 1.29 is 4.79 Å². The smallest absolute Gasteiger partial charge is 0.136 e. The molecule has 0 aliphatic carbocycles. The first-order valence-corrected chi connectivity index (χ1v) is 6.30. The maximum absolute atomic E-state index is 11.5. The highest BCUT2D eigenvalue weighted by Gasteiger charge is 2.28. The minimum absolute atomic E-state index is 0.194. The Bertz CT molecular complexity index is 240. The van der Waals surface area contributed by atoms with Gasteiger partial charge in [-0.25, -0.2) is 0 Å². The molecule has 0 atom stereocenters. The molecule has 1 saturated heterocycles. The van der Waals surface area contributed by atoms with Crippen LogP contribution in [-0.4, -0.2) is 54.3 Å². The molecule has 3 nitrogen and oxygen atoms in total. The molecule has 1 rings (SSSR count). The van der Waals surface area contributed by atoms with Crippen LogP contribution in [0.5, 0.6) is 0 Å². The Morgan fingerprint density at radius 2 is 1.69 bits per heavy atom. The van der Waals surface area contributed by atoms with E-state index in [0.29, 0.717) is 11.8 Å². The molecule has 0 aromatic heterocycles. The average Bonchev–Trinajstić information content (AvgIpc) is 2.17. The van der Waals surface area contributed by atoms with Gasteiger partial charge in [0.15, 0.2) is 0 Å². The summed E-state index contributed by atoms with van der Waals surface area (Å²) in [4.78, 5) is 16.4. The first kappa shape index (κ1) is 13.7. The lowest BCUT2D eigenvalue weighted by molar-refractivity contribution is -0.126. The fourth-order valence-electron chi connectivity index (χ4n) is 2.11. The van der Waals surface area contributed by atoms with Gasteiger partial charge in [-0.3, -0.25) is 14.6 Å². The van der Waals surface area contributed by atoms with Crippen molar-refractivity contribution in [2.24, 2.45) is 5.41 Å². The molecule has 0 spiro atoms. The van der Waals surface area contributed by atoms with Crippen LogP contribution < -0.4 is 0 Å². The predicted molar refractivity (Wildman–Crippen MR) is 67.6 cm³/mol. The normalized spacial score (nSPS) is 20.4. The van der Waals surface area contributed by atoms with Crippen LogP contribution in [0, 0.1) is 5.41 Å². The van der Waals surface area contributed by atoms with Crippen LogP contribution in [0.15, 0.2) is 0 Å². The molecule has 0 N–H and O–H groups in total. The van der Waals surface area contributed by atoms with E-state index in [0.717, 1.165) is 32.7 Å². The second-order valence-corrected chi connectivity index (χ2v) is 5.85. The van der Waals surface area contributed by atoms with Gasteiger partial charge in [0.2, 0.25) is 0 Å². The van der Waals surface area contributed by atoms with Crippen molar-refractivity contribution in [2.45, 2.75) is 40.7 Å². The van der Waals surface area contributed by atoms with E-state index in [4.69, 9.17) is 0 Å². The fraction of sp³-hybridized carbons (Fsp3) is 0.923. The first-order valence-electron chi connectivity index (χ1n) is 6.30. The fourth-order valence-corrected chi connectivity index (χ4v) is 2.11. The minimum Gasteiger partial charge on any atom is -0.300 e.